The topological polar surface area (TPSA) is 58.2 Å². The van der Waals surface area contributed by atoms with Gasteiger partial charge in [0.25, 0.3) is 0 Å². The van der Waals surface area contributed by atoms with Crippen LogP contribution in [0.15, 0.2) is 0 Å². The maximum absolute atomic E-state index is 12.1. The highest BCUT2D eigenvalue weighted by Crippen LogP contribution is 2.27. The van der Waals surface area contributed by atoms with Crippen LogP contribution < -0.4 is 10.6 Å². The molecule has 0 aromatic rings. The van der Waals surface area contributed by atoms with E-state index in [0.717, 1.165) is 38.5 Å². The number of unbranched alkanes of at least 4 members (excludes halogenated alkanes) is 4. The Balaban J connectivity index is 1.41. The van der Waals surface area contributed by atoms with E-state index in [2.05, 4.69) is 36.3 Å². The van der Waals surface area contributed by atoms with Gasteiger partial charge in [0, 0.05) is 37.8 Å². The Morgan fingerprint density at radius 2 is 1.03 bits per heavy atom. The average molecular weight is 445 g/mol. The van der Waals surface area contributed by atoms with E-state index in [1.54, 1.807) is 0 Å². The van der Waals surface area contributed by atoms with E-state index in [0.29, 0.717) is 36.8 Å². The van der Waals surface area contributed by atoms with Gasteiger partial charge in [0.2, 0.25) is 11.8 Å². The Bertz CT molecular complexity index is 544. The molecule has 0 spiro atoms. The lowest BCUT2D eigenvalue weighted by molar-refractivity contribution is -0.123. The van der Waals surface area contributed by atoms with Crippen molar-refractivity contribution in [3.05, 3.63) is 0 Å². The van der Waals surface area contributed by atoms with E-state index < -0.39 is 0 Å². The molecule has 2 aliphatic rings. The molecule has 4 heteroatoms. The first-order valence-electron chi connectivity index (χ1n) is 13.6. The molecule has 0 heterocycles. The minimum absolute atomic E-state index is 0.201. The molecule has 2 unspecified atom stereocenters. The van der Waals surface area contributed by atoms with Crippen molar-refractivity contribution in [2.24, 2.45) is 11.8 Å². The SMILES string of the molecule is CC(NC(=O)CCCCC#CCCCCC(=O)NC(C)C1CCCCC1)C1CCCCC1. The second-order valence-corrected chi connectivity index (χ2v) is 10.3. The highest BCUT2D eigenvalue weighted by atomic mass is 16.2. The average Bonchev–Trinajstić information content (AvgIpc) is 2.81. The van der Waals surface area contributed by atoms with Gasteiger partial charge >= 0.3 is 0 Å². The standard InChI is InChI=1S/C28H48N2O2/c1-23(25-17-11-9-12-18-25)29-27(31)21-15-7-5-3-4-6-8-16-22-28(32)30-24(2)26-19-13-10-14-20-26/h23-26H,5-22H2,1-2H3,(H,29,31)(H,30,32). The molecular formula is C28H48N2O2. The van der Waals surface area contributed by atoms with E-state index in [1.807, 2.05) is 0 Å². The van der Waals surface area contributed by atoms with Crippen LogP contribution >= 0.6 is 0 Å². The Hall–Kier alpha value is -1.50. The molecule has 2 rings (SSSR count). The largest absolute Gasteiger partial charge is 0.353 e. The third-order valence-electron chi connectivity index (χ3n) is 7.53. The van der Waals surface area contributed by atoms with Crippen molar-refractivity contribution in [3.63, 3.8) is 0 Å². The zero-order chi connectivity index (χ0) is 23.0. The van der Waals surface area contributed by atoms with E-state index in [1.165, 1.54) is 64.2 Å². The number of carbonyl (C=O) groups is 2. The summed E-state index contributed by atoms with van der Waals surface area (Å²) < 4.78 is 0. The van der Waals surface area contributed by atoms with E-state index in [-0.39, 0.29) is 11.8 Å². The minimum atomic E-state index is 0.201. The van der Waals surface area contributed by atoms with Gasteiger partial charge < -0.3 is 10.6 Å². The van der Waals surface area contributed by atoms with Gasteiger partial charge in [-0.3, -0.25) is 9.59 Å². The fourth-order valence-electron chi connectivity index (χ4n) is 5.33. The number of amides is 2. The summed E-state index contributed by atoms with van der Waals surface area (Å²) in [5, 5.41) is 6.41. The van der Waals surface area contributed by atoms with Gasteiger partial charge in [0.1, 0.15) is 0 Å². The molecule has 182 valence electrons. The van der Waals surface area contributed by atoms with E-state index in [4.69, 9.17) is 0 Å². The summed E-state index contributed by atoms with van der Waals surface area (Å²) in [6, 6.07) is 0.639. The van der Waals surface area contributed by atoms with E-state index in [9.17, 15) is 9.59 Å². The molecule has 2 atom stereocenters. The number of hydrogen-bond acceptors (Lipinski definition) is 2. The molecule has 0 aromatic heterocycles. The monoisotopic (exact) mass is 444 g/mol. The lowest BCUT2D eigenvalue weighted by atomic mass is 9.84. The van der Waals surface area contributed by atoms with Crippen molar-refractivity contribution < 1.29 is 9.59 Å². The summed E-state index contributed by atoms with van der Waals surface area (Å²) in [7, 11) is 0. The Morgan fingerprint density at radius 3 is 1.41 bits per heavy atom. The fourth-order valence-corrected chi connectivity index (χ4v) is 5.33. The Morgan fingerprint density at radius 1 is 0.656 bits per heavy atom. The van der Waals surface area contributed by atoms with Gasteiger partial charge in [0.15, 0.2) is 0 Å². The predicted octanol–water partition coefficient (Wildman–Crippen LogP) is 6.28. The predicted molar refractivity (Wildman–Crippen MR) is 133 cm³/mol. The van der Waals surface area contributed by atoms with Crippen molar-refractivity contribution in [2.75, 3.05) is 0 Å². The molecule has 32 heavy (non-hydrogen) atoms. The third-order valence-corrected chi connectivity index (χ3v) is 7.53. The highest BCUT2D eigenvalue weighted by molar-refractivity contribution is 5.76. The van der Waals surface area contributed by atoms with Crippen LogP contribution in [0.2, 0.25) is 0 Å². The molecule has 4 nitrogen and oxygen atoms in total. The quantitative estimate of drug-likeness (QED) is 0.275. The maximum Gasteiger partial charge on any atom is 0.220 e. The van der Waals surface area contributed by atoms with Crippen LogP contribution in [0, 0.1) is 23.7 Å². The van der Waals surface area contributed by atoms with Gasteiger partial charge in [-0.15, -0.1) is 11.8 Å². The molecular weight excluding hydrogens is 396 g/mol. The molecule has 0 radical (unpaired) electrons. The summed E-state index contributed by atoms with van der Waals surface area (Å²) in [4.78, 5) is 24.3. The number of nitrogens with one attached hydrogen (secondary N) is 2. The van der Waals surface area contributed by atoms with Gasteiger partial charge in [-0.2, -0.15) is 0 Å². The minimum Gasteiger partial charge on any atom is -0.353 e. The lowest BCUT2D eigenvalue weighted by Crippen LogP contribution is -2.38. The Labute approximate surface area is 197 Å². The van der Waals surface area contributed by atoms with Crippen LogP contribution in [0.1, 0.15) is 129 Å². The first kappa shape index (κ1) is 26.7. The van der Waals surface area contributed by atoms with Crippen molar-refractivity contribution >= 4 is 11.8 Å². The van der Waals surface area contributed by atoms with Crippen molar-refractivity contribution in [1.29, 1.82) is 0 Å². The van der Waals surface area contributed by atoms with Gasteiger partial charge in [-0.25, -0.2) is 0 Å². The van der Waals surface area contributed by atoms with Crippen LogP contribution in [0.3, 0.4) is 0 Å². The van der Waals surface area contributed by atoms with Crippen LogP contribution in [-0.2, 0) is 9.59 Å². The number of carbonyl (C=O) groups excluding carboxylic acids is 2. The van der Waals surface area contributed by atoms with E-state index >= 15 is 0 Å². The summed E-state index contributed by atoms with van der Waals surface area (Å²) in [5.41, 5.74) is 0. The lowest BCUT2D eigenvalue weighted by Gasteiger charge is -2.28. The van der Waals surface area contributed by atoms with Crippen molar-refractivity contribution in [2.45, 2.75) is 142 Å². The maximum atomic E-state index is 12.1. The number of hydrogen-bond donors (Lipinski definition) is 2. The Kier molecular flexibility index (Phi) is 13.5. The highest BCUT2D eigenvalue weighted by Gasteiger charge is 2.22. The first-order valence-corrected chi connectivity index (χ1v) is 13.6. The molecule has 2 aliphatic carbocycles. The summed E-state index contributed by atoms with van der Waals surface area (Å²) in [6.45, 7) is 4.33. The first-order chi connectivity index (χ1) is 15.6. The molecule has 0 aliphatic heterocycles. The zero-order valence-corrected chi connectivity index (χ0v) is 20.9. The smallest absolute Gasteiger partial charge is 0.220 e. The molecule has 0 bridgehead atoms. The van der Waals surface area contributed by atoms with Crippen LogP contribution in [0.25, 0.3) is 0 Å². The fraction of sp³-hybridized carbons (Fsp3) is 0.857. The second-order valence-electron chi connectivity index (χ2n) is 10.3. The molecule has 2 N–H and O–H groups in total. The third kappa shape index (κ3) is 11.4. The molecule has 0 aromatic carbocycles. The second kappa shape index (κ2) is 16.2. The van der Waals surface area contributed by atoms with Gasteiger partial charge in [0.05, 0.1) is 0 Å². The van der Waals surface area contributed by atoms with Gasteiger partial charge in [-0.1, -0.05) is 38.5 Å². The van der Waals surface area contributed by atoms with Gasteiger partial charge in [-0.05, 0) is 77.0 Å². The van der Waals surface area contributed by atoms with Crippen LogP contribution in [0.5, 0.6) is 0 Å². The zero-order valence-electron chi connectivity index (χ0n) is 20.9. The summed E-state index contributed by atoms with van der Waals surface area (Å²) in [6.07, 6.45) is 19.8. The molecule has 2 amide bonds. The molecule has 2 fully saturated rings. The molecule has 0 saturated heterocycles. The normalized spacial score (nSPS) is 19.4. The van der Waals surface area contributed by atoms with Crippen molar-refractivity contribution in [3.8, 4) is 11.8 Å². The number of rotatable bonds is 12. The molecule has 2 saturated carbocycles. The van der Waals surface area contributed by atoms with Crippen LogP contribution in [-0.4, -0.2) is 23.9 Å². The summed E-state index contributed by atoms with van der Waals surface area (Å²) in [5.74, 6) is 8.21. The van der Waals surface area contributed by atoms with Crippen molar-refractivity contribution in [1.82, 2.24) is 10.6 Å². The van der Waals surface area contributed by atoms with Crippen LogP contribution in [0.4, 0.5) is 0 Å². The summed E-state index contributed by atoms with van der Waals surface area (Å²) >= 11 is 0.